The van der Waals surface area contributed by atoms with Gasteiger partial charge in [0.25, 0.3) is 5.91 Å². The summed E-state index contributed by atoms with van der Waals surface area (Å²) in [4.78, 5) is 28.1. The van der Waals surface area contributed by atoms with Crippen molar-refractivity contribution in [3.05, 3.63) is 41.3 Å². The Morgan fingerprint density at radius 3 is 2.50 bits per heavy atom. The van der Waals surface area contributed by atoms with E-state index >= 15 is 0 Å². The monoisotopic (exact) mass is 424 g/mol. The van der Waals surface area contributed by atoms with E-state index in [4.69, 9.17) is 4.74 Å². The number of esters is 1. The number of nitrogens with one attached hydrogen (secondary N) is 1. The lowest BCUT2D eigenvalue weighted by molar-refractivity contribution is -0.137. The van der Waals surface area contributed by atoms with Crippen LogP contribution in [0.1, 0.15) is 54.2 Å². The molecule has 3 rings (SSSR count). The van der Waals surface area contributed by atoms with Crippen molar-refractivity contribution in [1.82, 2.24) is 20.1 Å². The molecular weight excluding hydrogens is 401 g/mol. The predicted molar refractivity (Wildman–Crippen MR) is 101 cm³/mol. The summed E-state index contributed by atoms with van der Waals surface area (Å²) >= 11 is 0. The molecule has 0 unspecified atom stereocenters. The Morgan fingerprint density at radius 1 is 1.20 bits per heavy atom. The van der Waals surface area contributed by atoms with Crippen molar-refractivity contribution in [2.24, 2.45) is 5.92 Å². The highest BCUT2D eigenvalue weighted by Gasteiger charge is 2.31. The minimum Gasteiger partial charge on any atom is -0.452 e. The van der Waals surface area contributed by atoms with E-state index in [1.165, 1.54) is 10.9 Å². The van der Waals surface area contributed by atoms with Gasteiger partial charge in [-0.25, -0.2) is 14.5 Å². The second-order valence-corrected chi connectivity index (χ2v) is 7.56. The Hall–Kier alpha value is -2.91. The Labute approximate surface area is 171 Å². The van der Waals surface area contributed by atoms with Crippen LogP contribution in [0.25, 0.3) is 5.82 Å². The second-order valence-electron chi connectivity index (χ2n) is 7.56. The highest BCUT2D eigenvalue weighted by molar-refractivity contribution is 5.92. The number of halogens is 3. The van der Waals surface area contributed by atoms with Gasteiger partial charge in [-0.2, -0.15) is 18.3 Å². The van der Waals surface area contributed by atoms with Gasteiger partial charge in [0.2, 0.25) is 0 Å². The van der Waals surface area contributed by atoms with E-state index < -0.39 is 24.3 Å². The van der Waals surface area contributed by atoms with Gasteiger partial charge in [-0.15, -0.1) is 0 Å². The average molecular weight is 424 g/mol. The highest BCUT2D eigenvalue weighted by Crippen LogP contribution is 2.29. The van der Waals surface area contributed by atoms with Gasteiger partial charge in [-0.05, 0) is 50.7 Å². The van der Waals surface area contributed by atoms with Gasteiger partial charge >= 0.3 is 12.1 Å². The largest absolute Gasteiger partial charge is 0.452 e. The lowest BCUT2D eigenvalue weighted by Gasteiger charge is -2.26. The third kappa shape index (κ3) is 5.17. The number of aromatic nitrogens is 3. The van der Waals surface area contributed by atoms with Crippen LogP contribution in [0.4, 0.5) is 13.2 Å². The Kier molecular flexibility index (Phi) is 6.42. The molecule has 2 aromatic rings. The molecule has 1 saturated carbocycles. The van der Waals surface area contributed by atoms with E-state index in [1.54, 1.807) is 6.92 Å². The van der Waals surface area contributed by atoms with E-state index in [1.807, 2.05) is 0 Å². The van der Waals surface area contributed by atoms with Gasteiger partial charge < -0.3 is 10.1 Å². The Morgan fingerprint density at radius 2 is 1.90 bits per heavy atom. The molecule has 2 aromatic heterocycles. The zero-order chi connectivity index (χ0) is 21.9. The number of hydrogen-bond acceptors (Lipinski definition) is 5. The topological polar surface area (TPSA) is 86.1 Å². The van der Waals surface area contributed by atoms with E-state index in [0.717, 1.165) is 37.8 Å². The van der Waals surface area contributed by atoms with Gasteiger partial charge in [0.1, 0.15) is 5.56 Å². The van der Waals surface area contributed by atoms with E-state index in [2.05, 4.69) is 22.3 Å². The van der Waals surface area contributed by atoms with Gasteiger partial charge in [-0.1, -0.05) is 6.92 Å². The molecule has 30 heavy (non-hydrogen) atoms. The van der Waals surface area contributed by atoms with Crippen LogP contribution >= 0.6 is 0 Å². The molecule has 0 spiro atoms. The zero-order valence-electron chi connectivity index (χ0n) is 16.7. The Bertz CT molecular complexity index is 901. The fraction of sp³-hybridized carbons (Fsp3) is 0.500. The van der Waals surface area contributed by atoms with Crippen LogP contribution in [0.3, 0.4) is 0 Å². The molecule has 1 fully saturated rings. The second kappa shape index (κ2) is 8.85. The molecule has 1 amide bonds. The van der Waals surface area contributed by atoms with E-state index in [-0.39, 0.29) is 23.3 Å². The van der Waals surface area contributed by atoms with Gasteiger partial charge in [0, 0.05) is 12.2 Å². The third-order valence-corrected chi connectivity index (χ3v) is 5.24. The smallest absolute Gasteiger partial charge is 0.417 e. The quantitative estimate of drug-likeness (QED) is 0.743. The number of amides is 1. The molecule has 1 aliphatic carbocycles. The lowest BCUT2D eigenvalue weighted by Crippen LogP contribution is -2.39. The lowest BCUT2D eigenvalue weighted by atomic mass is 9.87. The van der Waals surface area contributed by atoms with Crippen molar-refractivity contribution >= 4 is 11.9 Å². The maximum atomic E-state index is 12.7. The summed E-state index contributed by atoms with van der Waals surface area (Å²) < 4.78 is 44.3. The molecule has 1 aliphatic rings. The van der Waals surface area contributed by atoms with Crippen molar-refractivity contribution < 1.29 is 27.5 Å². The van der Waals surface area contributed by atoms with Crippen molar-refractivity contribution in [2.45, 2.75) is 51.7 Å². The van der Waals surface area contributed by atoms with Crippen molar-refractivity contribution in [2.75, 3.05) is 6.61 Å². The molecular formula is C20H23F3N4O3. The standard InChI is InChI=1S/C20H23F3N4O3/c1-12-3-6-15(7-4-12)26-18(28)11-30-19(29)16-10-25-27(13(16)2)17-8-5-14(9-24-17)20(21,22)23/h5,8-10,12,15H,3-4,6-7,11H2,1-2H3,(H,26,28). The molecule has 0 aliphatic heterocycles. The molecule has 162 valence electrons. The maximum absolute atomic E-state index is 12.7. The Balaban J connectivity index is 1.58. The third-order valence-electron chi connectivity index (χ3n) is 5.24. The molecule has 2 heterocycles. The molecule has 0 saturated heterocycles. The van der Waals surface area contributed by atoms with Gasteiger partial charge in [0.05, 0.1) is 17.5 Å². The zero-order valence-corrected chi connectivity index (χ0v) is 16.7. The number of carbonyl (C=O) groups excluding carboxylic acids is 2. The first-order valence-electron chi connectivity index (χ1n) is 9.70. The van der Waals surface area contributed by atoms with E-state index in [9.17, 15) is 22.8 Å². The van der Waals surface area contributed by atoms with Crippen LogP contribution < -0.4 is 5.32 Å². The molecule has 0 atom stereocenters. The van der Waals surface area contributed by atoms with Gasteiger partial charge in [0.15, 0.2) is 12.4 Å². The minimum atomic E-state index is -4.49. The van der Waals surface area contributed by atoms with Crippen molar-refractivity contribution in [3.8, 4) is 5.82 Å². The number of nitrogens with zero attached hydrogens (tertiary/aromatic N) is 3. The SMILES string of the molecule is Cc1c(C(=O)OCC(=O)NC2CCC(C)CC2)cnn1-c1ccc(C(F)(F)F)cn1. The fourth-order valence-corrected chi connectivity index (χ4v) is 3.40. The summed E-state index contributed by atoms with van der Waals surface area (Å²) in [6.07, 6.45) is 1.38. The molecule has 10 heteroatoms. The molecule has 0 aromatic carbocycles. The number of alkyl halides is 3. The van der Waals surface area contributed by atoms with Crippen LogP contribution in [0.2, 0.25) is 0 Å². The average Bonchev–Trinajstić information content (AvgIpc) is 3.09. The van der Waals surface area contributed by atoms with Crippen molar-refractivity contribution in [1.29, 1.82) is 0 Å². The van der Waals surface area contributed by atoms with Crippen LogP contribution in [0.5, 0.6) is 0 Å². The number of pyridine rings is 1. The first-order chi connectivity index (χ1) is 14.1. The van der Waals surface area contributed by atoms with E-state index in [0.29, 0.717) is 17.8 Å². The normalized spacial score (nSPS) is 19.4. The summed E-state index contributed by atoms with van der Waals surface area (Å²) in [7, 11) is 0. The van der Waals surface area contributed by atoms with Gasteiger partial charge in [-0.3, -0.25) is 4.79 Å². The number of carbonyl (C=O) groups is 2. The summed E-state index contributed by atoms with van der Waals surface area (Å²) in [6.45, 7) is 3.34. The first kappa shape index (κ1) is 21.8. The number of hydrogen-bond donors (Lipinski definition) is 1. The molecule has 0 radical (unpaired) electrons. The number of ether oxygens (including phenoxy) is 1. The minimum absolute atomic E-state index is 0.0997. The van der Waals surface area contributed by atoms with Crippen LogP contribution in [0, 0.1) is 12.8 Å². The summed E-state index contributed by atoms with van der Waals surface area (Å²) in [6, 6.07) is 2.15. The summed E-state index contributed by atoms with van der Waals surface area (Å²) in [5, 5.41) is 6.87. The van der Waals surface area contributed by atoms with Crippen LogP contribution in [-0.2, 0) is 15.7 Å². The molecule has 7 nitrogen and oxygen atoms in total. The molecule has 1 N–H and O–H groups in total. The highest BCUT2D eigenvalue weighted by atomic mass is 19.4. The fourth-order valence-electron chi connectivity index (χ4n) is 3.40. The number of rotatable bonds is 5. The summed E-state index contributed by atoms with van der Waals surface area (Å²) in [5.41, 5.74) is -0.431. The maximum Gasteiger partial charge on any atom is 0.417 e. The predicted octanol–water partition coefficient (Wildman–Crippen LogP) is 3.45. The van der Waals surface area contributed by atoms with Crippen molar-refractivity contribution in [3.63, 3.8) is 0 Å². The van der Waals surface area contributed by atoms with Crippen LogP contribution in [0.15, 0.2) is 24.5 Å². The first-order valence-corrected chi connectivity index (χ1v) is 9.70. The molecule has 0 bridgehead atoms. The summed E-state index contributed by atoms with van der Waals surface area (Å²) in [5.74, 6) is -0.311. The van der Waals surface area contributed by atoms with Crippen LogP contribution in [-0.4, -0.2) is 39.3 Å².